The molecule has 5 heteroatoms. The molecule has 0 radical (unpaired) electrons. The molecule has 0 unspecified atom stereocenters. The van der Waals surface area contributed by atoms with Gasteiger partial charge in [-0.2, -0.15) is 0 Å². The van der Waals surface area contributed by atoms with Gasteiger partial charge in [-0.15, -0.1) is 0 Å². The van der Waals surface area contributed by atoms with Crippen LogP contribution in [0.15, 0.2) is 6.07 Å². The van der Waals surface area contributed by atoms with Crippen LogP contribution in [0.1, 0.15) is 0 Å². The van der Waals surface area contributed by atoms with Crippen LogP contribution in [0, 0.1) is 0 Å². The van der Waals surface area contributed by atoms with Crippen LogP contribution in [0.5, 0.6) is 0 Å². The van der Waals surface area contributed by atoms with Crippen molar-refractivity contribution in [3.63, 3.8) is 0 Å². The van der Waals surface area contributed by atoms with Crippen molar-refractivity contribution in [1.29, 1.82) is 0 Å². The van der Waals surface area contributed by atoms with Gasteiger partial charge in [0.05, 0.1) is 0 Å². The van der Waals surface area contributed by atoms with E-state index in [4.69, 9.17) is 23.2 Å². The van der Waals surface area contributed by atoms with E-state index in [9.17, 15) is 0 Å². The number of aromatic nitrogens is 2. The molecule has 0 fully saturated rings. The second kappa shape index (κ2) is 3.51. The maximum atomic E-state index is 5.55. The molecule has 1 heterocycles. The van der Waals surface area contributed by atoms with Crippen LogP contribution in [0.2, 0.25) is 10.3 Å². The molecule has 1 aromatic rings. The first-order chi connectivity index (χ1) is 4.18. The van der Waals surface area contributed by atoms with E-state index < -0.39 is 0 Å². The topological polar surface area (TPSA) is 25.8 Å². The van der Waals surface area contributed by atoms with Crippen molar-refractivity contribution in [3.8, 4) is 0 Å². The molecule has 1 aromatic heterocycles. The first kappa shape index (κ1) is 8.24. The predicted octanol–water partition coefficient (Wildman–Crippen LogP) is 0.309. The van der Waals surface area contributed by atoms with Gasteiger partial charge >= 0.3 is 93.6 Å². The zero-order valence-electron chi connectivity index (χ0n) is 4.73. The molecular weight excluding hydrogens is 235 g/mol. The molecule has 0 aliphatic heterocycles. The van der Waals surface area contributed by atoms with Crippen LogP contribution >= 0.6 is 23.2 Å². The van der Waals surface area contributed by atoms with Gasteiger partial charge in [0.25, 0.3) is 0 Å². The van der Waals surface area contributed by atoms with Gasteiger partial charge < -0.3 is 0 Å². The average Bonchev–Trinajstić information content (AvgIpc) is 1.59. The normalized spacial score (nSPS) is 9.44. The Hall–Kier alpha value is 1.14. The third kappa shape index (κ3) is 2.70. The van der Waals surface area contributed by atoms with E-state index in [1.165, 1.54) is 6.07 Å². The van der Waals surface area contributed by atoms with Crippen molar-refractivity contribution in [3.05, 3.63) is 16.4 Å². The SMILES string of the molecule is Clc1cc(Cl)n[c]([SrH])n1. The van der Waals surface area contributed by atoms with E-state index >= 15 is 0 Å². The van der Waals surface area contributed by atoms with Crippen LogP contribution < -0.4 is 0.795 Å². The van der Waals surface area contributed by atoms with E-state index in [1.807, 2.05) is 0 Å². The molecule has 0 aliphatic rings. The van der Waals surface area contributed by atoms with Gasteiger partial charge in [-0.3, -0.25) is 0 Å². The van der Waals surface area contributed by atoms with Crippen LogP contribution in [-0.2, 0) is 0 Å². The Bertz CT molecular complexity index is 177. The van der Waals surface area contributed by atoms with E-state index in [0.717, 1.165) is 0.795 Å². The molecule has 0 atom stereocenters. The average molecular weight is 237 g/mol. The molecule has 9 heavy (non-hydrogen) atoms. The first-order valence-electron chi connectivity index (χ1n) is 2.35. The Morgan fingerprint density at radius 1 is 1.22 bits per heavy atom. The number of hydrogen-bond donors (Lipinski definition) is 0. The Kier molecular flexibility index (Phi) is 3.21. The van der Waals surface area contributed by atoms with Crippen molar-refractivity contribution in [1.82, 2.24) is 9.97 Å². The summed E-state index contributed by atoms with van der Waals surface area (Å²) in [4.78, 5) is 7.80. The maximum absolute atomic E-state index is 5.55. The first-order valence-corrected chi connectivity index (χ1v) is 5.56. The minimum atomic E-state index is 0.291. The molecule has 0 spiro atoms. The number of halogens is 2. The molecule has 0 amide bonds. The van der Waals surface area contributed by atoms with Gasteiger partial charge in [0, 0.05) is 0 Å². The van der Waals surface area contributed by atoms with Crippen molar-refractivity contribution < 1.29 is 0 Å². The predicted molar refractivity (Wildman–Crippen MR) is 38.8 cm³/mol. The number of rotatable bonds is 0. The third-order valence-electron chi connectivity index (χ3n) is 0.775. The van der Waals surface area contributed by atoms with Crippen molar-refractivity contribution in [2.45, 2.75) is 0 Å². The summed E-state index contributed by atoms with van der Waals surface area (Å²) in [5, 5.41) is 0.869. The summed E-state index contributed by atoms with van der Waals surface area (Å²) in [5.41, 5.74) is 0. The molecule has 0 aliphatic carbocycles. The standard InChI is InChI=1S/C4HCl2N2.Sr.H/c5-3-1-4(6)8-2-7-3;;/h1H;;. The van der Waals surface area contributed by atoms with Crippen molar-refractivity contribution in [2.24, 2.45) is 0 Å². The Labute approximate surface area is 92.1 Å². The van der Waals surface area contributed by atoms with E-state index in [0.29, 0.717) is 53.6 Å². The van der Waals surface area contributed by atoms with Gasteiger partial charge in [-0.05, 0) is 0 Å². The zero-order chi connectivity index (χ0) is 6.85. The molecule has 2 nitrogen and oxygen atoms in total. The fraction of sp³-hybridized carbons (Fsp3) is 0. The molecular formula is C4H2Cl2N2Sr. The summed E-state index contributed by atoms with van der Waals surface area (Å²) in [6.07, 6.45) is 0. The summed E-state index contributed by atoms with van der Waals surface area (Å²) in [6, 6.07) is 1.53. The molecule has 0 bridgehead atoms. The number of nitrogens with zero attached hydrogens (tertiary/aromatic N) is 2. The second-order valence-electron chi connectivity index (χ2n) is 1.56. The minimum absolute atomic E-state index is 0.291. The van der Waals surface area contributed by atoms with Crippen molar-refractivity contribution >= 4 is 67.2 Å². The Morgan fingerprint density at radius 3 is 2.00 bits per heavy atom. The Morgan fingerprint density at radius 2 is 1.67 bits per heavy atom. The molecule has 0 saturated heterocycles. The van der Waals surface area contributed by atoms with Gasteiger partial charge in [0.2, 0.25) is 0 Å². The molecule has 0 aromatic carbocycles. The van der Waals surface area contributed by atoms with Crippen molar-refractivity contribution in [2.75, 3.05) is 0 Å². The van der Waals surface area contributed by atoms with Crippen LogP contribution in [0.25, 0.3) is 0 Å². The van der Waals surface area contributed by atoms with Crippen LogP contribution in [0.3, 0.4) is 0 Å². The van der Waals surface area contributed by atoms with E-state index in [-0.39, 0.29) is 0 Å². The van der Waals surface area contributed by atoms with Crippen LogP contribution in [0.4, 0.5) is 0 Å². The molecule has 1 rings (SSSR count). The molecule has 44 valence electrons. The summed E-state index contributed by atoms with van der Waals surface area (Å²) in [5.74, 6) is 0. The quantitative estimate of drug-likeness (QED) is 0.479. The molecule has 0 N–H and O–H groups in total. The summed E-state index contributed by atoms with van der Waals surface area (Å²) in [7, 11) is 0. The summed E-state index contributed by atoms with van der Waals surface area (Å²) >= 11 is 11.4. The third-order valence-corrected chi connectivity index (χ3v) is 2.26. The van der Waals surface area contributed by atoms with Gasteiger partial charge in [0.15, 0.2) is 0 Å². The monoisotopic (exact) mass is 236 g/mol. The van der Waals surface area contributed by atoms with Gasteiger partial charge in [-0.25, -0.2) is 0 Å². The Balaban J connectivity index is 3.17. The summed E-state index contributed by atoms with van der Waals surface area (Å²) in [6.45, 7) is 0. The fourth-order valence-corrected chi connectivity index (χ4v) is 2.89. The van der Waals surface area contributed by atoms with E-state index in [1.54, 1.807) is 0 Å². The van der Waals surface area contributed by atoms with E-state index in [2.05, 4.69) is 9.97 Å². The zero-order valence-corrected chi connectivity index (χ0v) is 11.2. The fourth-order valence-electron chi connectivity index (χ4n) is 0.497. The number of hydrogen-bond acceptors (Lipinski definition) is 2. The molecule has 0 saturated carbocycles. The summed E-state index contributed by atoms with van der Waals surface area (Å²) < 4.78 is 0.800. The second-order valence-corrected chi connectivity index (χ2v) is 4.53. The van der Waals surface area contributed by atoms with Gasteiger partial charge in [-0.1, -0.05) is 0 Å². The van der Waals surface area contributed by atoms with Gasteiger partial charge in [0.1, 0.15) is 0 Å². The van der Waals surface area contributed by atoms with Crippen LogP contribution in [-0.4, -0.2) is 53.2 Å².